The maximum atomic E-state index is 12.8. The number of aliphatic hydroxyl groups excluding tert-OH is 1. The molecule has 0 bridgehead atoms. The Kier molecular flexibility index (Phi) is 5.09. The zero-order valence-corrected chi connectivity index (χ0v) is 11.7. The summed E-state index contributed by atoms with van der Waals surface area (Å²) in [5, 5.41) is 12.6. The lowest BCUT2D eigenvalue weighted by molar-refractivity contribution is -0.122. The van der Waals surface area contributed by atoms with Gasteiger partial charge < -0.3 is 10.4 Å². The quantitative estimate of drug-likeness (QED) is 0.795. The first-order valence-corrected chi connectivity index (χ1v) is 7.04. The molecule has 1 aromatic rings. The second-order valence-corrected chi connectivity index (χ2v) is 5.17. The lowest BCUT2D eigenvalue weighted by Crippen LogP contribution is -2.39. The van der Waals surface area contributed by atoms with Crippen molar-refractivity contribution in [1.82, 2.24) is 10.2 Å². The number of halogens is 1. The lowest BCUT2D eigenvalue weighted by atomic mass is 10.1. The van der Waals surface area contributed by atoms with Crippen molar-refractivity contribution in [2.24, 2.45) is 0 Å². The van der Waals surface area contributed by atoms with Crippen LogP contribution in [0.3, 0.4) is 0 Å². The smallest absolute Gasteiger partial charge is 0.234 e. The van der Waals surface area contributed by atoms with Gasteiger partial charge in [-0.15, -0.1) is 0 Å². The number of nitrogens with one attached hydrogen (secondary N) is 1. The SMILES string of the molecule is CCN(CC(=O)NCC(O)c1ccc(F)cc1)C1CC1. The third kappa shape index (κ3) is 4.28. The van der Waals surface area contributed by atoms with Crippen LogP contribution in [-0.4, -0.2) is 41.6 Å². The molecule has 0 aromatic heterocycles. The van der Waals surface area contributed by atoms with E-state index >= 15 is 0 Å². The van der Waals surface area contributed by atoms with Gasteiger partial charge in [-0.05, 0) is 37.1 Å². The summed E-state index contributed by atoms with van der Waals surface area (Å²) in [5.74, 6) is -0.423. The van der Waals surface area contributed by atoms with E-state index in [0.29, 0.717) is 18.2 Å². The van der Waals surface area contributed by atoms with Crippen molar-refractivity contribution in [2.45, 2.75) is 31.9 Å². The van der Waals surface area contributed by atoms with Crippen LogP contribution in [0.1, 0.15) is 31.4 Å². The summed E-state index contributed by atoms with van der Waals surface area (Å²) in [6.07, 6.45) is 1.52. The third-order valence-electron chi connectivity index (χ3n) is 3.56. The third-order valence-corrected chi connectivity index (χ3v) is 3.56. The number of carbonyl (C=O) groups is 1. The van der Waals surface area contributed by atoms with E-state index in [9.17, 15) is 14.3 Å². The molecule has 1 fully saturated rings. The van der Waals surface area contributed by atoms with Gasteiger partial charge in [-0.2, -0.15) is 0 Å². The number of carbonyl (C=O) groups excluding carboxylic acids is 1. The molecule has 0 radical (unpaired) electrons. The first-order valence-electron chi connectivity index (χ1n) is 7.04. The summed E-state index contributed by atoms with van der Waals surface area (Å²) in [4.78, 5) is 13.9. The van der Waals surface area contributed by atoms with E-state index in [-0.39, 0.29) is 18.3 Å². The highest BCUT2D eigenvalue weighted by molar-refractivity contribution is 5.78. The van der Waals surface area contributed by atoms with Crippen LogP contribution < -0.4 is 5.32 Å². The molecule has 110 valence electrons. The van der Waals surface area contributed by atoms with Gasteiger partial charge in [0.15, 0.2) is 0 Å². The van der Waals surface area contributed by atoms with Gasteiger partial charge in [0.2, 0.25) is 5.91 Å². The van der Waals surface area contributed by atoms with Crippen molar-refractivity contribution in [1.29, 1.82) is 0 Å². The number of amides is 1. The van der Waals surface area contributed by atoms with E-state index in [2.05, 4.69) is 10.2 Å². The van der Waals surface area contributed by atoms with Gasteiger partial charge in [-0.1, -0.05) is 19.1 Å². The summed E-state index contributed by atoms with van der Waals surface area (Å²) in [6.45, 7) is 3.42. The highest BCUT2D eigenvalue weighted by Gasteiger charge is 2.28. The fraction of sp³-hybridized carbons (Fsp3) is 0.533. The molecule has 0 heterocycles. The highest BCUT2D eigenvalue weighted by Crippen LogP contribution is 2.25. The Hall–Kier alpha value is -1.46. The average molecular weight is 280 g/mol. The molecule has 5 heteroatoms. The van der Waals surface area contributed by atoms with Crippen molar-refractivity contribution in [3.8, 4) is 0 Å². The molecule has 1 aliphatic rings. The summed E-state index contributed by atoms with van der Waals surface area (Å²) in [5.41, 5.74) is 0.598. The Morgan fingerprint density at radius 3 is 2.65 bits per heavy atom. The molecule has 1 aliphatic carbocycles. The molecule has 20 heavy (non-hydrogen) atoms. The van der Waals surface area contributed by atoms with Crippen LogP contribution in [0.4, 0.5) is 4.39 Å². The Morgan fingerprint density at radius 1 is 1.45 bits per heavy atom. The Bertz CT molecular complexity index is 446. The second-order valence-electron chi connectivity index (χ2n) is 5.17. The molecule has 1 unspecified atom stereocenters. The first kappa shape index (κ1) is 14.9. The maximum absolute atomic E-state index is 12.8. The van der Waals surface area contributed by atoms with Crippen LogP contribution in [0.25, 0.3) is 0 Å². The largest absolute Gasteiger partial charge is 0.387 e. The number of hydrogen-bond donors (Lipinski definition) is 2. The Morgan fingerprint density at radius 2 is 2.10 bits per heavy atom. The molecular formula is C15H21FN2O2. The number of benzene rings is 1. The fourth-order valence-corrected chi connectivity index (χ4v) is 2.19. The van der Waals surface area contributed by atoms with Crippen LogP contribution in [0.2, 0.25) is 0 Å². The standard InChI is InChI=1S/C15H21FN2O2/c1-2-18(13-7-8-13)10-15(20)17-9-14(19)11-3-5-12(16)6-4-11/h3-6,13-14,19H,2,7-10H2,1H3,(H,17,20). The second kappa shape index (κ2) is 6.81. The molecule has 2 rings (SSSR count). The topological polar surface area (TPSA) is 52.6 Å². The minimum Gasteiger partial charge on any atom is -0.387 e. The average Bonchev–Trinajstić information content (AvgIpc) is 3.27. The summed E-state index contributed by atoms with van der Waals surface area (Å²) in [6, 6.07) is 6.19. The predicted molar refractivity (Wildman–Crippen MR) is 74.6 cm³/mol. The van der Waals surface area contributed by atoms with Gasteiger partial charge in [0.1, 0.15) is 5.82 Å². The van der Waals surface area contributed by atoms with E-state index in [0.717, 1.165) is 6.54 Å². The summed E-state index contributed by atoms with van der Waals surface area (Å²) >= 11 is 0. The van der Waals surface area contributed by atoms with Gasteiger partial charge in [-0.3, -0.25) is 9.69 Å². The minimum atomic E-state index is -0.810. The normalized spacial score (nSPS) is 16.2. The van der Waals surface area contributed by atoms with Gasteiger partial charge in [0, 0.05) is 12.6 Å². The summed E-state index contributed by atoms with van der Waals surface area (Å²) in [7, 11) is 0. The molecule has 4 nitrogen and oxygen atoms in total. The molecule has 1 saturated carbocycles. The zero-order valence-electron chi connectivity index (χ0n) is 11.7. The Balaban J connectivity index is 1.76. The first-order chi connectivity index (χ1) is 9.60. The number of nitrogens with zero attached hydrogens (tertiary/aromatic N) is 1. The zero-order chi connectivity index (χ0) is 14.5. The maximum Gasteiger partial charge on any atom is 0.234 e. The van der Waals surface area contributed by atoms with Crippen LogP contribution in [0.15, 0.2) is 24.3 Å². The van der Waals surface area contributed by atoms with Crippen LogP contribution in [0, 0.1) is 5.82 Å². The monoisotopic (exact) mass is 280 g/mol. The van der Waals surface area contributed by atoms with E-state index < -0.39 is 6.10 Å². The fourth-order valence-electron chi connectivity index (χ4n) is 2.19. The van der Waals surface area contributed by atoms with Gasteiger partial charge in [-0.25, -0.2) is 4.39 Å². The van der Waals surface area contributed by atoms with Crippen LogP contribution >= 0.6 is 0 Å². The van der Waals surface area contributed by atoms with Gasteiger partial charge in [0.25, 0.3) is 0 Å². The van der Waals surface area contributed by atoms with Crippen molar-refractivity contribution in [2.75, 3.05) is 19.6 Å². The molecule has 0 aliphatic heterocycles. The van der Waals surface area contributed by atoms with Crippen molar-refractivity contribution in [3.05, 3.63) is 35.6 Å². The van der Waals surface area contributed by atoms with E-state index in [1.165, 1.54) is 37.1 Å². The molecule has 0 spiro atoms. The molecule has 1 aromatic carbocycles. The van der Waals surface area contributed by atoms with Crippen molar-refractivity contribution >= 4 is 5.91 Å². The predicted octanol–water partition coefficient (Wildman–Crippen LogP) is 1.46. The Labute approximate surface area is 118 Å². The number of aliphatic hydroxyl groups is 1. The van der Waals surface area contributed by atoms with Crippen LogP contribution in [-0.2, 0) is 4.79 Å². The van der Waals surface area contributed by atoms with Crippen molar-refractivity contribution in [3.63, 3.8) is 0 Å². The molecule has 1 atom stereocenters. The number of likely N-dealkylation sites (N-methyl/N-ethyl adjacent to an activating group) is 1. The van der Waals surface area contributed by atoms with Crippen molar-refractivity contribution < 1.29 is 14.3 Å². The van der Waals surface area contributed by atoms with Gasteiger partial charge >= 0.3 is 0 Å². The highest BCUT2D eigenvalue weighted by atomic mass is 19.1. The van der Waals surface area contributed by atoms with E-state index in [1.807, 2.05) is 6.92 Å². The minimum absolute atomic E-state index is 0.0834. The molecular weight excluding hydrogens is 259 g/mol. The van der Waals surface area contributed by atoms with E-state index in [4.69, 9.17) is 0 Å². The number of rotatable bonds is 7. The molecule has 1 amide bonds. The summed E-state index contributed by atoms with van der Waals surface area (Å²) < 4.78 is 12.8. The molecule has 0 saturated heterocycles. The lowest BCUT2D eigenvalue weighted by Gasteiger charge is -2.19. The molecule has 2 N–H and O–H groups in total. The van der Waals surface area contributed by atoms with E-state index in [1.54, 1.807) is 0 Å². The number of hydrogen-bond acceptors (Lipinski definition) is 3. The van der Waals surface area contributed by atoms with Crippen LogP contribution in [0.5, 0.6) is 0 Å². The van der Waals surface area contributed by atoms with Gasteiger partial charge in [0.05, 0.1) is 12.6 Å².